The molecule has 0 saturated heterocycles. The molecule has 1 aromatic carbocycles. The normalized spacial score (nSPS) is 10.9. The van der Waals surface area contributed by atoms with Gasteiger partial charge in [-0.15, -0.1) is 0 Å². The second kappa shape index (κ2) is 8.57. The van der Waals surface area contributed by atoms with E-state index in [0.29, 0.717) is 11.5 Å². The van der Waals surface area contributed by atoms with Crippen LogP contribution in [-0.2, 0) is 19.7 Å². The minimum Gasteiger partial charge on any atom is -0.487 e. The molecule has 28 heavy (non-hydrogen) atoms. The quantitative estimate of drug-likeness (QED) is 0.623. The van der Waals surface area contributed by atoms with Crippen LogP contribution in [0.25, 0.3) is 0 Å². The topological polar surface area (TPSA) is 83.0 Å². The van der Waals surface area contributed by atoms with Crippen LogP contribution in [-0.4, -0.2) is 14.5 Å². The van der Waals surface area contributed by atoms with Crippen molar-refractivity contribution in [2.45, 2.75) is 26.6 Å². The summed E-state index contributed by atoms with van der Waals surface area (Å²) in [6.07, 6.45) is 3.24. The summed E-state index contributed by atoms with van der Waals surface area (Å²) in [4.78, 5) is 21.0. The molecular formula is C19H17BrF2N4O2. The van der Waals surface area contributed by atoms with Crippen LogP contribution in [0.1, 0.15) is 22.6 Å². The van der Waals surface area contributed by atoms with Gasteiger partial charge >= 0.3 is 0 Å². The fraction of sp³-hybridized carbons (Fsp3) is 0.211. The van der Waals surface area contributed by atoms with Gasteiger partial charge in [-0.3, -0.25) is 4.79 Å². The molecule has 2 N–H and O–H groups in total. The highest BCUT2D eigenvalue weighted by Crippen LogP contribution is 2.24. The lowest BCUT2D eigenvalue weighted by molar-refractivity contribution is 0.295. The maximum absolute atomic E-state index is 13.8. The van der Waals surface area contributed by atoms with Gasteiger partial charge in [-0.1, -0.05) is 0 Å². The molecular weight excluding hydrogens is 434 g/mol. The van der Waals surface area contributed by atoms with E-state index in [-0.39, 0.29) is 41.0 Å². The van der Waals surface area contributed by atoms with Crippen LogP contribution in [0.5, 0.6) is 5.75 Å². The Balaban J connectivity index is 1.82. The molecule has 0 atom stereocenters. The second-order valence-corrected chi connectivity index (χ2v) is 6.88. The number of benzene rings is 1. The summed E-state index contributed by atoms with van der Waals surface area (Å²) in [6, 6.07) is 4.91. The third-order valence-corrected chi connectivity index (χ3v) is 4.83. The van der Waals surface area contributed by atoms with E-state index in [4.69, 9.17) is 10.5 Å². The molecule has 0 radical (unpaired) electrons. The van der Waals surface area contributed by atoms with E-state index in [9.17, 15) is 13.6 Å². The molecule has 0 spiro atoms. The van der Waals surface area contributed by atoms with Gasteiger partial charge in [0.1, 0.15) is 34.3 Å². The minimum atomic E-state index is -0.706. The van der Waals surface area contributed by atoms with Crippen LogP contribution in [0.4, 0.5) is 8.78 Å². The smallest absolute Gasteiger partial charge is 0.269 e. The lowest BCUT2D eigenvalue weighted by Gasteiger charge is -2.15. The van der Waals surface area contributed by atoms with Gasteiger partial charge in [-0.2, -0.15) is 0 Å². The van der Waals surface area contributed by atoms with Crippen LogP contribution in [0.15, 0.2) is 45.9 Å². The lowest BCUT2D eigenvalue weighted by Crippen LogP contribution is -2.24. The first kappa shape index (κ1) is 20.1. The summed E-state index contributed by atoms with van der Waals surface area (Å²) >= 11 is 3.25. The number of aryl methyl sites for hydroxylation is 1. The van der Waals surface area contributed by atoms with E-state index in [0.717, 1.165) is 17.7 Å². The lowest BCUT2D eigenvalue weighted by atomic mass is 10.2. The second-order valence-electron chi connectivity index (χ2n) is 6.09. The van der Waals surface area contributed by atoms with Crippen LogP contribution < -0.4 is 16.0 Å². The van der Waals surface area contributed by atoms with Crippen LogP contribution in [0.3, 0.4) is 0 Å². The van der Waals surface area contributed by atoms with Gasteiger partial charge in [0.15, 0.2) is 0 Å². The molecule has 9 heteroatoms. The molecule has 6 nitrogen and oxygen atoms in total. The standard InChI is InChI=1S/C19H17BrF2N4O2/c1-11-4-16(28-10-13-2-3-14(21)5-15(13)22)18(20)19(27)26(11)9-12-7-24-17(6-23)25-8-12/h2-5,7-8H,6,9-10,23H2,1H3. The summed E-state index contributed by atoms with van der Waals surface area (Å²) in [5.74, 6) is -0.575. The molecule has 3 rings (SSSR count). The van der Waals surface area contributed by atoms with Crippen molar-refractivity contribution in [1.29, 1.82) is 0 Å². The Labute approximate surface area is 168 Å². The predicted octanol–water partition coefficient (Wildman–Crippen LogP) is 3.07. The van der Waals surface area contributed by atoms with Crippen molar-refractivity contribution >= 4 is 15.9 Å². The minimum absolute atomic E-state index is 0.137. The molecule has 0 aliphatic carbocycles. The van der Waals surface area contributed by atoms with Gasteiger partial charge in [-0.25, -0.2) is 18.7 Å². The zero-order chi connectivity index (χ0) is 20.3. The van der Waals surface area contributed by atoms with Crippen LogP contribution in [0, 0.1) is 18.6 Å². The maximum Gasteiger partial charge on any atom is 0.269 e. The number of ether oxygens (including phenoxy) is 1. The highest BCUT2D eigenvalue weighted by molar-refractivity contribution is 9.10. The number of pyridine rings is 1. The van der Waals surface area contributed by atoms with E-state index in [1.165, 1.54) is 10.6 Å². The number of halogens is 3. The van der Waals surface area contributed by atoms with Crippen LogP contribution in [0.2, 0.25) is 0 Å². The van der Waals surface area contributed by atoms with Gasteiger partial charge < -0.3 is 15.0 Å². The molecule has 146 valence electrons. The average molecular weight is 451 g/mol. The average Bonchev–Trinajstić information content (AvgIpc) is 2.68. The van der Waals surface area contributed by atoms with Crippen molar-refractivity contribution in [3.05, 3.63) is 85.8 Å². The molecule has 0 fully saturated rings. The van der Waals surface area contributed by atoms with Crippen molar-refractivity contribution in [3.63, 3.8) is 0 Å². The van der Waals surface area contributed by atoms with Gasteiger partial charge in [0.25, 0.3) is 5.56 Å². The monoisotopic (exact) mass is 450 g/mol. The molecule has 0 saturated carbocycles. The molecule has 0 aliphatic heterocycles. The molecule has 3 aromatic rings. The third-order valence-electron chi connectivity index (χ3n) is 4.10. The van der Waals surface area contributed by atoms with Gasteiger partial charge in [-0.05, 0) is 35.0 Å². The van der Waals surface area contributed by atoms with E-state index in [2.05, 4.69) is 25.9 Å². The number of nitrogens with two attached hydrogens (primary N) is 1. The highest BCUT2D eigenvalue weighted by atomic mass is 79.9. The van der Waals surface area contributed by atoms with E-state index < -0.39 is 11.6 Å². The fourth-order valence-electron chi connectivity index (χ4n) is 2.56. The first-order valence-corrected chi connectivity index (χ1v) is 9.15. The van der Waals surface area contributed by atoms with E-state index in [1.807, 2.05) is 0 Å². The molecule has 2 aromatic heterocycles. The highest BCUT2D eigenvalue weighted by Gasteiger charge is 2.14. The Morgan fingerprint density at radius 3 is 2.57 bits per heavy atom. The summed E-state index contributed by atoms with van der Waals surface area (Å²) in [5, 5.41) is 0. The Kier molecular flexibility index (Phi) is 6.15. The number of hydrogen-bond donors (Lipinski definition) is 1. The molecule has 2 heterocycles. The third kappa shape index (κ3) is 4.42. The predicted molar refractivity (Wildman–Crippen MR) is 103 cm³/mol. The summed E-state index contributed by atoms with van der Waals surface area (Å²) in [5.41, 5.74) is 6.75. The zero-order valence-electron chi connectivity index (χ0n) is 15.0. The summed E-state index contributed by atoms with van der Waals surface area (Å²) < 4.78 is 34.1. The Morgan fingerprint density at radius 2 is 1.93 bits per heavy atom. The van der Waals surface area contributed by atoms with Crippen molar-refractivity contribution in [3.8, 4) is 5.75 Å². The summed E-state index contributed by atoms with van der Waals surface area (Å²) in [6.45, 7) is 2.14. The van der Waals surface area contributed by atoms with E-state index >= 15 is 0 Å². The fourth-order valence-corrected chi connectivity index (χ4v) is 3.00. The number of hydrogen-bond acceptors (Lipinski definition) is 5. The first-order valence-electron chi connectivity index (χ1n) is 8.35. The first-order chi connectivity index (χ1) is 13.4. The van der Waals surface area contributed by atoms with Gasteiger partial charge in [0.2, 0.25) is 0 Å². The summed E-state index contributed by atoms with van der Waals surface area (Å²) in [7, 11) is 0. The maximum atomic E-state index is 13.8. The SMILES string of the molecule is Cc1cc(OCc2ccc(F)cc2F)c(Br)c(=O)n1Cc1cnc(CN)nc1. The molecule has 0 amide bonds. The van der Waals surface area contributed by atoms with Gasteiger partial charge in [0.05, 0.1) is 13.1 Å². The Bertz CT molecular complexity index is 1060. The van der Waals surface area contributed by atoms with Crippen molar-refractivity contribution < 1.29 is 13.5 Å². The van der Waals surface area contributed by atoms with E-state index in [1.54, 1.807) is 25.4 Å². The zero-order valence-corrected chi connectivity index (χ0v) is 16.5. The molecule has 0 aliphatic rings. The largest absolute Gasteiger partial charge is 0.487 e. The van der Waals surface area contributed by atoms with Crippen molar-refractivity contribution in [2.75, 3.05) is 0 Å². The Hall–Kier alpha value is -2.65. The van der Waals surface area contributed by atoms with Crippen molar-refractivity contribution in [2.24, 2.45) is 5.73 Å². The number of aromatic nitrogens is 3. The number of nitrogens with zero attached hydrogens (tertiary/aromatic N) is 3. The van der Waals surface area contributed by atoms with Crippen LogP contribution >= 0.6 is 15.9 Å². The number of rotatable bonds is 6. The van der Waals surface area contributed by atoms with Crippen molar-refractivity contribution in [1.82, 2.24) is 14.5 Å². The molecule has 0 bridgehead atoms. The Morgan fingerprint density at radius 1 is 1.21 bits per heavy atom. The molecule has 0 unspecified atom stereocenters. The van der Waals surface area contributed by atoms with Gasteiger partial charge in [0, 0.05) is 41.3 Å².